The smallest absolute Gasteiger partial charge is 0.416 e. The zero-order valence-corrected chi connectivity index (χ0v) is 20.3. The number of aromatic nitrogens is 2. The number of benzene rings is 1. The SMILES string of the molecule is CCC1(CC(=O)O)CCC2CC(c3cnc(NC(=O)Nc4cccc(C(F)(F)F)c4)cn3)CCC2C1=O. The van der Waals surface area contributed by atoms with Crippen LogP contribution in [0.25, 0.3) is 0 Å². The van der Waals surface area contributed by atoms with Crippen molar-refractivity contribution in [3.8, 4) is 0 Å². The van der Waals surface area contributed by atoms with Crippen molar-refractivity contribution >= 4 is 29.3 Å². The molecule has 4 atom stereocenters. The molecule has 1 heterocycles. The Morgan fingerprint density at radius 1 is 1.14 bits per heavy atom. The number of anilines is 2. The summed E-state index contributed by atoms with van der Waals surface area (Å²) in [5.74, 6) is -0.547. The third kappa shape index (κ3) is 5.91. The highest BCUT2D eigenvalue weighted by molar-refractivity contribution is 5.99. The number of fused-ring (bicyclic) bond motifs is 1. The molecule has 3 N–H and O–H groups in total. The van der Waals surface area contributed by atoms with Crippen LogP contribution < -0.4 is 10.6 Å². The molecule has 2 fully saturated rings. The molecule has 0 saturated heterocycles. The molecule has 1 aromatic heterocycles. The standard InChI is InChI=1S/C26H29F3N4O4/c1-2-25(12-22(34)35)9-8-15-10-16(6-7-19(15)23(25)36)20-13-31-21(14-30-20)33-24(37)32-18-5-3-4-17(11-18)26(27,28)29/h3-5,11,13-16,19H,2,6-10,12H2,1H3,(H,34,35)(H2,31,32,33,37). The zero-order valence-electron chi connectivity index (χ0n) is 20.3. The third-order valence-electron chi connectivity index (χ3n) is 7.78. The van der Waals surface area contributed by atoms with Crippen molar-refractivity contribution < 1.29 is 32.7 Å². The number of carboxylic acids is 1. The van der Waals surface area contributed by atoms with Crippen molar-refractivity contribution in [2.45, 2.75) is 64.0 Å². The largest absolute Gasteiger partial charge is 0.481 e. The molecule has 4 rings (SSSR count). The van der Waals surface area contributed by atoms with Gasteiger partial charge in [-0.3, -0.25) is 19.9 Å². The number of nitrogens with zero attached hydrogens (tertiary/aromatic N) is 2. The summed E-state index contributed by atoms with van der Waals surface area (Å²) in [6.45, 7) is 1.89. The number of urea groups is 1. The molecule has 198 valence electrons. The van der Waals surface area contributed by atoms with Gasteiger partial charge in [0.05, 0.1) is 30.1 Å². The van der Waals surface area contributed by atoms with Gasteiger partial charge in [0, 0.05) is 22.9 Å². The number of hydrogen-bond donors (Lipinski definition) is 3. The van der Waals surface area contributed by atoms with Crippen LogP contribution in [-0.2, 0) is 15.8 Å². The van der Waals surface area contributed by atoms with Gasteiger partial charge in [0.25, 0.3) is 0 Å². The van der Waals surface area contributed by atoms with Crippen LogP contribution in [0.3, 0.4) is 0 Å². The molecule has 0 radical (unpaired) electrons. The monoisotopic (exact) mass is 518 g/mol. The second-order valence-corrected chi connectivity index (χ2v) is 9.97. The summed E-state index contributed by atoms with van der Waals surface area (Å²) in [5.41, 5.74) is -0.897. The van der Waals surface area contributed by atoms with Gasteiger partial charge >= 0.3 is 18.2 Å². The summed E-state index contributed by atoms with van der Waals surface area (Å²) in [7, 11) is 0. The first kappa shape index (κ1) is 26.6. The molecular formula is C26H29F3N4O4. The molecule has 11 heteroatoms. The molecule has 4 unspecified atom stereocenters. The fourth-order valence-corrected chi connectivity index (χ4v) is 5.78. The Morgan fingerprint density at radius 3 is 2.57 bits per heavy atom. The average molecular weight is 519 g/mol. The minimum absolute atomic E-state index is 0.00820. The zero-order chi connectivity index (χ0) is 26.8. The first-order valence-electron chi connectivity index (χ1n) is 12.3. The van der Waals surface area contributed by atoms with Crippen LogP contribution in [0.2, 0.25) is 0 Å². The molecule has 8 nitrogen and oxygen atoms in total. The van der Waals surface area contributed by atoms with Crippen molar-refractivity contribution in [3.63, 3.8) is 0 Å². The van der Waals surface area contributed by atoms with Crippen LogP contribution in [0.5, 0.6) is 0 Å². The lowest BCUT2D eigenvalue weighted by Gasteiger charge is -2.46. The predicted octanol–water partition coefficient (Wildman–Crippen LogP) is 5.87. The molecule has 2 amide bonds. The molecule has 2 aliphatic carbocycles. The quantitative estimate of drug-likeness (QED) is 0.440. The molecule has 0 bridgehead atoms. The van der Waals surface area contributed by atoms with Crippen LogP contribution in [0.4, 0.5) is 29.5 Å². The van der Waals surface area contributed by atoms with E-state index in [1.807, 2.05) is 6.92 Å². The van der Waals surface area contributed by atoms with Crippen molar-refractivity contribution in [2.75, 3.05) is 10.6 Å². The molecule has 2 aliphatic rings. The fraction of sp³-hybridized carbons (Fsp3) is 0.500. The number of hydrogen-bond acceptors (Lipinski definition) is 5. The number of amides is 2. The van der Waals surface area contributed by atoms with E-state index in [4.69, 9.17) is 0 Å². The topological polar surface area (TPSA) is 121 Å². The van der Waals surface area contributed by atoms with Crippen LogP contribution in [-0.4, -0.2) is 32.9 Å². The van der Waals surface area contributed by atoms with E-state index in [2.05, 4.69) is 20.6 Å². The Hall–Kier alpha value is -3.50. The van der Waals surface area contributed by atoms with Crippen LogP contribution in [0.15, 0.2) is 36.7 Å². The Labute approximate surface area is 212 Å². The van der Waals surface area contributed by atoms with Crippen molar-refractivity contribution in [2.24, 2.45) is 17.3 Å². The molecule has 2 saturated carbocycles. The number of carbonyl (C=O) groups is 3. The summed E-state index contributed by atoms with van der Waals surface area (Å²) in [5, 5.41) is 14.1. The number of Topliss-reactive ketones (excluding diaryl/α,β-unsaturated/α-hetero) is 1. The first-order chi connectivity index (χ1) is 17.5. The lowest BCUT2D eigenvalue weighted by Crippen LogP contribution is -2.46. The van der Waals surface area contributed by atoms with E-state index in [1.54, 1.807) is 6.20 Å². The lowest BCUT2D eigenvalue weighted by molar-refractivity contribution is -0.151. The van der Waals surface area contributed by atoms with Crippen LogP contribution >= 0.6 is 0 Å². The van der Waals surface area contributed by atoms with Gasteiger partial charge in [-0.25, -0.2) is 9.78 Å². The van der Waals surface area contributed by atoms with Crippen LogP contribution in [0, 0.1) is 17.3 Å². The van der Waals surface area contributed by atoms with Crippen LogP contribution in [0.1, 0.15) is 69.0 Å². The highest BCUT2D eigenvalue weighted by Crippen LogP contribution is 2.51. The average Bonchev–Trinajstić information content (AvgIpc) is 2.85. The molecule has 2 aromatic rings. The highest BCUT2D eigenvalue weighted by Gasteiger charge is 2.50. The number of carboxylic acid groups (broad SMARTS) is 1. The lowest BCUT2D eigenvalue weighted by atomic mass is 9.57. The summed E-state index contributed by atoms with van der Waals surface area (Å²) in [6.07, 6.45) is 2.42. The highest BCUT2D eigenvalue weighted by atomic mass is 19.4. The van der Waals surface area contributed by atoms with Gasteiger partial charge in [-0.1, -0.05) is 13.0 Å². The maximum absolute atomic E-state index is 13.2. The Kier molecular flexibility index (Phi) is 7.52. The molecular weight excluding hydrogens is 489 g/mol. The van der Waals surface area contributed by atoms with E-state index >= 15 is 0 Å². The van der Waals surface area contributed by atoms with E-state index in [0.717, 1.165) is 37.1 Å². The third-order valence-corrected chi connectivity index (χ3v) is 7.78. The van der Waals surface area contributed by atoms with E-state index < -0.39 is 29.2 Å². The minimum atomic E-state index is -4.52. The number of carbonyl (C=O) groups excluding carboxylic acids is 2. The van der Waals surface area contributed by atoms with E-state index in [9.17, 15) is 32.7 Å². The van der Waals surface area contributed by atoms with E-state index in [1.165, 1.54) is 18.3 Å². The molecule has 1 aromatic carbocycles. The maximum atomic E-state index is 13.2. The number of ketones is 1. The summed E-state index contributed by atoms with van der Waals surface area (Å²) in [4.78, 5) is 45.5. The van der Waals surface area contributed by atoms with Gasteiger partial charge in [-0.15, -0.1) is 0 Å². The van der Waals surface area contributed by atoms with Gasteiger partial charge < -0.3 is 10.4 Å². The number of rotatable bonds is 6. The number of aliphatic carboxylic acids is 1. The summed E-state index contributed by atoms with van der Waals surface area (Å²) < 4.78 is 38.6. The van der Waals surface area contributed by atoms with Gasteiger partial charge in [0.1, 0.15) is 5.78 Å². The molecule has 0 aliphatic heterocycles. The van der Waals surface area contributed by atoms with Crippen molar-refractivity contribution in [3.05, 3.63) is 47.9 Å². The second-order valence-electron chi connectivity index (χ2n) is 9.97. The normalized spacial score (nSPS) is 25.7. The minimum Gasteiger partial charge on any atom is -0.481 e. The maximum Gasteiger partial charge on any atom is 0.416 e. The first-order valence-corrected chi connectivity index (χ1v) is 12.3. The molecule has 0 spiro atoms. The summed E-state index contributed by atoms with van der Waals surface area (Å²) >= 11 is 0. The Bertz CT molecular complexity index is 1170. The second kappa shape index (κ2) is 10.5. The number of alkyl halides is 3. The molecule has 37 heavy (non-hydrogen) atoms. The number of halogens is 3. The summed E-state index contributed by atoms with van der Waals surface area (Å²) in [6, 6.07) is 3.56. The predicted molar refractivity (Wildman–Crippen MR) is 129 cm³/mol. The van der Waals surface area contributed by atoms with Gasteiger partial charge in [0.2, 0.25) is 0 Å². The van der Waals surface area contributed by atoms with E-state index in [-0.39, 0.29) is 41.5 Å². The van der Waals surface area contributed by atoms with Gasteiger partial charge in [-0.2, -0.15) is 13.2 Å². The van der Waals surface area contributed by atoms with Crippen molar-refractivity contribution in [1.82, 2.24) is 9.97 Å². The Morgan fingerprint density at radius 2 is 1.92 bits per heavy atom. The van der Waals surface area contributed by atoms with E-state index in [0.29, 0.717) is 19.3 Å². The Balaban J connectivity index is 1.35. The van der Waals surface area contributed by atoms with Crippen molar-refractivity contribution in [1.29, 1.82) is 0 Å². The van der Waals surface area contributed by atoms with Gasteiger partial charge in [0.15, 0.2) is 5.82 Å². The fourth-order valence-electron chi connectivity index (χ4n) is 5.78. The number of nitrogens with one attached hydrogen (secondary N) is 2. The van der Waals surface area contributed by atoms with Gasteiger partial charge in [-0.05, 0) is 62.6 Å².